The van der Waals surface area contributed by atoms with Gasteiger partial charge in [0.2, 0.25) is 0 Å². The van der Waals surface area contributed by atoms with Crippen molar-refractivity contribution in [3.8, 4) is 17.2 Å². The van der Waals surface area contributed by atoms with Crippen molar-refractivity contribution in [3.63, 3.8) is 0 Å². The van der Waals surface area contributed by atoms with Crippen LogP contribution in [0.25, 0.3) is 0 Å². The third-order valence-corrected chi connectivity index (χ3v) is 7.07. The van der Waals surface area contributed by atoms with Gasteiger partial charge in [0.1, 0.15) is 11.5 Å². The third-order valence-electron chi connectivity index (χ3n) is 7.07. The number of fused-ring (bicyclic) bond motifs is 1. The van der Waals surface area contributed by atoms with E-state index in [2.05, 4.69) is 37.5 Å². The third kappa shape index (κ3) is 7.60. The average Bonchev–Trinajstić information content (AvgIpc) is 3.00. The first-order valence-corrected chi connectivity index (χ1v) is 12.7. The van der Waals surface area contributed by atoms with Gasteiger partial charge < -0.3 is 14.2 Å². The van der Waals surface area contributed by atoms with Gasteiger partial charge in [-0.05, 0) is 99.0 Å². The van der Waals surface area contributed by atoms with Gasteiger partial charge in [-0.1, -0.05) is 12.1 Å². The van der Waals surface area contributed by atoms with Gasteiger partial charge in [-0.3, -0.25) is 9.69 Å². The molecule has 3 rings (SSSR count). The van der Waals surface area contributed by atoms with Gasteiger partial charge >= 0.3 is 0 Å². The van der Waals surface area contributed by atoms with Crippen molar-refractivity contribution in [1.29, 1.82) is 0 Å². The van der Waals surface area contributed by atoms with Crippen molar-refractivity contribution >= 4 is 5.78 Å². The topological polar surface area (TPSA) is 48.0 Å². The van der Waals surface area contributed by atoms with Crippen molar-refractivity contribution in [1.82, 2.24) is 4.90 Å². The lowest BCUT2D eigenvalue weighted by molar-refractivity contribution is -0.122. The summed E-state index contributed by atoms with van der Waals surface area (Å²) in [4.78, 5) is 15.4. The van der Waals surface area contributed by atoms with Gasteiger partial charge in [0.25, 0.3) is 0 Å². The Labute approximate surface area is 211 Å². The van der Waals surface area contributed by atoms with E-state index in [9.17, 15) is 4.79 Å². The number of benzene rings is 2. The molecule has 0 saturated heterocycles. The zero-order valence-corrected chi connectivity index (χ0v) is 21.9. The second kappa shape index (κ2) is 13.3. The first kappa shape index (κ1) is 26.8. The SMILES string of the molecule is C=CCN(CCCOc1ccc(C)c(C)c1)CCCC1CCc2cc(OC)c(OC)cc2CC1=O. The molecule has 0 fully saturated rings. The number of aryl methyl sites for hydroxylation is 3. The summed E-state index contributed by atoms with van der Waals surface area (Å²) >= 11 is 0. The van der Waals surface area contributed by atoms with Crippen LogP contribution < -0.4 is 14.2 Å². The van der Waals surface area contributed by atoms with Gasteiger partial charge in [0.05, 0.1) is 20.8 Å². The fraction of sp³-hybridized carbons (Fsp3) is 0.500. The van der Waals surface area contributed by atoms with Crippen LogP contribution in [0.4, 0.5) is 0 Å². The molecule has 0 amide bonds. The lowest BCUT2D eigenvalue weighted by Crippen LogP contribution is -2.28. The van der Waals surface area contributed by atoms with Crippen LogP contribution in [0.3, 0.4) is 0 Å². The zero-order chi connectivity index (χ0) is 25.2. The van der Waals surface area contributed by atoms with Crippen molar-refractivity contribution in [2.45, 2.75) is 52.4 Å². The molecule has 0 N–H and O–H groups in total. The Hall–Kier alpha value is -2.79. The Morgan fingerprint density at radius 2 is 1.71 bits per heavy atom. The molecule has 1 aliphatic rings. The summed E-state index contributed by atoms with van der Waals surface area (Å²) in [6, 6.07) is 10.3. The summed E-state index contributed by atoms with van der Waals surface area (Å²) in [6.07, 6.45) is 7.12. The highest BCUT2D eigenvalue weighted by Crippen LogP contribution is 2.34. The normalized spacial score (nSPS) is 15.5. The number of nitrogens with zero attached hydrogens (tertiary/aromatic N) is 1. The van der Waals surface area contributed by atoms with E-state index < -0.39 is 0 Å². The minimum atomic E-state index is 0.109. The molecular weight excluding hydrogens is 438 g/mol. The van der Waals surface area contributed by atoms with Gasteiger partial charge in [0, 0.05) is 25.4 Å². The summed E-state index contributed by atoms with van der Waals surface area (Å²) in [7, 11) is 3.29. The highest BCUT2D eigenvalue weighted by molar-refractivity contribution is 5.84. The Kier molecular flexibility index (Phi) is 10.2. The Morgan fingerprint density at radius 3 is 2.40 bits per heavy atom. The number of ether oxygens (including phenoxy) is 3. The molecule has 0 radical (unpaired) electrons. The summed E-state index contributed by atoms with van der Waals surface area (Å²) in [5.41, 5.74) is 4.82. The highest BCUT2D eigenvalue weighted by atomic mass is 16.5. The van der Waals surface area contributed by atoms with Crippen LogP contribution in [0.1, 0.15) is 47.9 Å². The van der Waals surface area contributed by atoms with Gasteiger partial charge in [-0.15, -0.1) is 6.58 Å². The first-order chi connectivity index (χ1) is 16.9. The van der Waals surface area contributed by atoms with E-state index in [0.29, 0.717) is 24.6 Å². The molecule has 35 heavy (non-hydrogen) atoms. The van der Waals surface area contributed by atoms with Crippen LogP contribution in [0.15, 0.2) is 43.0 Å². The summed E-state index contributed by atoms with van der Waals surface area (Å²) in [5, 5.41) is 0. The van der Waals surface area contributed by atoms with Gasteiger partial charge in [-0.2, -0.15) is 0 Å². The van der Waals surface area contributed by atoms with Crippen molar-refractivity contribution < 1.29 is 19.0 Å². The maximum Gasteiger partial charge on any atom is 0.161 e. The molecule has 0 aromatic heterocycles. The Balaban J connectivity index is 1.45. The predicted molar refractivity (Wildman–Crippen MR) is 142 cm³/mol. The smallest absolute Gasteiger partial charge is 0.161 e. The number of rotatable bonds is 13. The van der Waals surface area contributed by atoms with Crippen molar-refractivity contribution in [3.05, 3.63) is 65.2 Å². The Morgan fingerprint density at radius 1 is 1.00 bits per heavy atom. The molecule has 2 aromatic rings. The molecule has 5 nitrogen and oxygen atoms in total. The highest BCUT2D eigenvalue weighted by Gasteiger charge is 2.25. The molecule has 0 spiro atoms. The van der Waals surface area contributed by atoms with Crippen LogP contribution in [-0.2, 0) is 17.6 Å². The molecule has 0 saturated carbocycles. The molecule has 1 aliphatic carbocycles. The number of Topliss-reactive ketones (excluding diaryl/α,β-unsaturated/α-hetero) is 1. The molecular formula is C30H41NO4. The van der Waals surface area contributed by atoms with E-state index in [0.717, 1.165) is 68.8 Å². The minimum Gasteiger partial charge on any atom is -0.494 e. The Bertz CT molecular complexity index is 1000. The van der Waals surface area contributed by atoms with Crippen LogP contribution >= 0.6 is 0 Å². The minimum absolute atomic E-state index is 0.109. The van der Waals surface area contributed by atoms with E-state index in [1.165, 1.54) is 16.7 Å². The van der Waals surface area contributed by atoms with Gasteiger partial charge in [-0.25, -0.2) is 0 Å². The van der Waals surface area contributed by atoms with Crippen LogP contribution in [0.5, 0.6) is 17.2 Å². The lowest BCUT2D eigenvalue weighted by atomic mass is 9.93. The monoisotopic (exact) mass is 479 g/mol. The molecule has 1 unspecified atom stereocenters. The molecule has 5 heteroatoms. The summed E-state index contributed by atoms with van der Waals surface area (Å²) in [5.74, 6) is 2.82. The number of carbonyl (C=O) groups is 1. The molecule has 0 aliphatic heterocycles. The maximum atomic E-state index is 13.0. The number of methoxy groups -OCH3 is 2. The number of hydrogen-bond acceptors (Lipinski definition) is 5. The van der Waals surface area contributed by atoms with E-state index >= 15 is 0 Å². The molecule has 0 bridgehead atoms. The number of ketones is 1. The quantitative estimate of drug-likeness (QED) is 0.209. The van der Waals surface area contributed by atoms with E-state index in [1.807, 2.05) is 24.3 Å². The molecule has 1 atom stereocenters. The molecule has 190 valence electrons. The second-order valence-corrected chi connectivity index (χ2v) is 9.53. The molecule has 2 aromatic carbocycles. The van der Waals surface area contributed by atoms with E-state index in [4.69, 9.17) is 14.2 Å². The predicted octanol–water partition coefficient (Wildman–Crippen LogP) is 5.73. The largest absolute Gasteiger partial charge is 0.494 e. The molecule has 0 heterocycles. The fourth-order valence-corrected chi connectivity index (χ4v) is 4.81. The first-order valence-electron chi connectivity index (χ1n) is 12.7. The van der Waals surface area contributed by atoms with Crippen LogP contribution in [-0.4, -0.2) is 51.1 Å². The van der Waals surface area contributed by atoms with E-state index in [1.54, 1.807) is 14.2 Å². The van der Waals surface area contributed by atoms with Crippen LogP contribution in [0, 0.1) is 19.8 Å². The van der Waals surface area contributed by atoms with Crippen LogP contribution in [0.2, 0.25) is 0 Å². The maximum absolute atomic E-state index is 13.0. The lowest BCUT2D eigenvalue weighted by Gasteiger charge is -2.22. The average molecular weight is 480 g/mol. The summed E-state index contributed by atoms with van der Waals surface area (Å²) in [6.45, 7) is 11.6. The fourth-order valence-electron chi connectivity index (χ4n) is 4.81. The number of carbonyl (C=O) groups excluding carboxylic acids is 1. The number of hydrogen-bond donors (Lipinski definition) is 0. The standard InChI is InChI=1S/C30H41NO4/c1-6-14-31(16-8-17-35-27-13-10-22(2)23(3)18-27)15-7-9-24-11-12-25-20-29(33-4)30(34-5)21-26(25)19-28(24)32/h6,10,13,18,20-21,24H,1,7-9,11-12,14-17,19H2,2-5H3. The van der Waals surface area contributed by atoms with Crippen molar-refractivity contribution in [2.75, 3.05) is 40.5 Å². The van der Waals surface area contributed by atoms with Gasteiger partial charge in [0.15, 0.2) is 11.5 Å². The van der Waals surface area contributed by atoms with E-state index in [-0.39, 0.29) is 5.92 Å². The van der Waals surface area contributed by atoms with Crippen molar-refractivity contribution in [2.24, 2.45) is 5.92 Å². The summed E-state index contributed by atoms with van der Waals surface area (Å²) < 4.78 is 16.8. The zero-order valence-electron chi connectivity index (χ0n) is 21.9. The second-order valence-electron chi connectivity index (χ2n) is 9.53.